The van der Waals surface area contributed by atoms with Crippen molar-refractivity contribution < 1.29 is 4.39 Å². The highest BCUT2D eigenvalue weighted by atomic mass is 19.1. The molecule has 28 heavy (non-hydrogen) atoms. The molecule has 2 aliphatic carbocycles. The van der Waals surface area contributed by atoms with Crippen LogP contribution in [0.1, 0.15) is 74.7 Å². The fourth-order valence-corrected chi connectivity index (χ4v) is 4.02. The Morgan fingerprint density at radius 3 is 2.39 bits per heavy atom. The smallest absolute Gasteiger partial charge is 0.103 e. The lowest BCUT2D eigenvalue weighted by molar-refractivity contribution is 0.190. The van der Waals surface area contributed by atoms with Gasteiger partial charge in [0.25, 0.3) is 0 Å². The molecule has 4 atom stereocenters. The van der Waals surface area contributed by atoms with E-state index in [0.29, 0.717) is 12.3 Å². The molecule has 0 nitrogen and oxygen atoms in total. The maximum atomic E-state index is 14.3. The molecule has 0 N–H and O–H groups in total. The lowest BCUT2D eigenvalue weighted by Gasteiger charge is -2.29. The minimum Gasteiger partial charge on any atom is -0.247 e. The predicted molar refractivity (Wildman–Crippen MR) is 126 cm³/mol. The first-order valence-electron chi connectivity index (χ1n) is 11.0. The van der Waals surface area contributed by atoms with Crippen molar-refractivity contribution in [2.24, 2.45) is 17.3 Å². The predicted octanol–water partition coefficient (Wildman–Crippen LogP) is 8.95. The van der Waals surface area contributed by atoms with Crippen molar-refractivity contribution >= 4 is 0 Å². The van der Waals surface area contributed by atoms with Crippen LogP contribution in [0, 0.1) is 17.3 Å². The topological polar surface area (TPSA) is 0 Å². The van der Waals surface area contributed by atoms with Crippen LogP contribution in [0.5, 0.6) is 0 Å². The fourth-order valence-electron chi connectivity index (χ4n) is 4.02. The van der Waals surface area contributed by atoms with Gasteiger partial charge in [-0.1, -0.05) is 96.6 Å². The van der Waals surface area contributed by atoms with E-state index in [1.54, 1.807) is 6.08 Å². The molecule has 158 valence electrons. The second-order valence-electron chi connectivity index (χ2n) is 7.77. The molecule has 0 radical (unpaired) electrons. The van der Waals surface area contributed by atoms with Crippen LogP contribution in [0.4, 0.5) is 4.39 Å². The highest BCUT2D eigenvalue weighted by Gasteiger charge is 2.39. The minimum atomic E-state index is -0.695. The highest BCUT2D eigenvalue weighted by Crippen LogP contribution is 2.51. The van der Waals surface area contributed by atoms with Crippen molar-refractivity contribution in [1.82, 2.24) is 0 Å². The van der Waals surface area contributed by atoms with E-state index in [0.717, 1.165) is 12.8 Å². The maximum absolute atomic E-state index is 14.3. The number of hydrogen-bond donors (Lipinski definition) is 0. The first kappa shape index (κ1) is 26.4. The molecule has 2 aliphatic rings. The Labute approximate surface area is 174 Å². The van der Waals surface area contributed by atoms with Crippen molar-refractivity contribution in [3.05, 3.63) is 71.9 Å². The molecule has 0 fully saturated rings. The summed E-state index contributed by atoms with van der Waals surface area (Å²) in [6.07, 6.45) is 18.9. The van der Waals surface area contributed by atoms with Crippen LogP contribution in [0.3, 0.4) is 0 Å². The second kappa shape index (κ2) is 13.5. The standard InChI is InChI=1S/C22H31F.C3H6.C2H6/c1-6-8-9-11-18-15-22(5,14-17(4)20(23)10-7-2)19-13-12-16(3)21(18)19;1-3-2;1-2/h6,8-9,11-13,15-17,20H,7,10,14H2,1-5H3;3H,1H2,2H3;1-2H3/b8-6-,11-9-;;. The quantitative estimate of drug-likeness (QED) is 0.302. The third-order valence-electron chi connectivity index (χ3n) is 5.20. The summed E-state index contributed by atoms with van der Waals surface area (Å²) >= 11 is 0. The number of halogens is 1. The molecule has 1 heteroatoms. The molecule has 4 unspecified atom stereocenters. The molecule has 0 saturated heterocycles. The van der Waals surface area contributed by atoms with Crippen LogP contribution < -0.4 is 0 Å². The van der Waals surface area contributed by atoms with E-state index >= 15 is 0 Å². The van der Waals surface area contributed by atoms with Gasteiger partial charge < -0.3 is 0 Å². The molecular formula is C27H43F. The van der Waals surface area contributed by atoms with Gasteiger partial charge in [0, 0.05) is 11.3 Å². The Kier molecular flexibility index (Phi) is 12.7. The molecule has 0 aliphatic heterocycles. The molecule has 0 aromatic rings. The van der Waals surface area contributed by atoms with E-state index in [2.05, 4.69) is 70.7 Å². The average molecular weight is 387 g/mol. The summed E-state index contributed by atoms with van der Waals surface area (Å²) in [7, 11) is 0. The van der Waals surface area contributed by atoms with E-state index in [9.17, 15) is 4.39 Å². The molecule has 0 bridgehead atoms. The molecule has 2 rings (SSSR count). The number of alkyl halides is 1. The van der Waals surface area contributed by atoms with Crippen molar-refractivity contribution in [3.8, 4) is 0 Å². The van der Waals surface area contributed by atoms with E-state index in [-0.39, 0.29) is 11.3 Å². The van der Waals surface area contributed by atoms with Gasteiger partial charge in [-0.05, 0) is 49.3 Å². The summed E-state index contributed by atoms with van der Waals surface area (Å²) in [5.41, 5.74) is 4.12. The van der Waals surface area contributed by atoms with E-state index in [4.69, 9.17) is 0 Å². The average Bonchev–Trinajstić information content (AvgIpc) is 3.18. The molecule has 0 amide bonds. The minimum absolute atomic E-state index is 0.0380. The third-order valence-corrected chi connectivity index (χ3v) is 5.20. The summed E-state index contributed by atoms with van der Waals surface area (Å²) in [6.45, 7) is 19.9. The van der Waals surface area contributed by atoms with E-state index in [1.807, 2.05) is 33.8 Å². The Hall–Kier alpha value is -1.63. The molecule has 0 aromatic heterocycles. The SMILES string of the molecule is C/C=C\C=C/C1=CC(C)(CC(C)C(F)CCC)C2=C1C(C)C=C2.C=CC.CC. The van der Waals surface area contributed by atoms with E-state index in [1.165, 1.54) is 16.7 Å². The summed E-state index contributed by atoms with van der Waals surface area (Å²) < 4.78 is 14.3. The van der Waals surface area contributed by atoms with Gasteiger partial charge in [0.1, 0.15) is 6.17 Å². The van der Waals surface area contributed by atoms with Crippen LogP contribution in [0.25, 0.3) is 0 Å². The monoisotopic (exact) mass is 386 g/mol. The summed E-state index contributed by atoms with van der Waals surface area (Å²) in [4.78, 5) is 0. The van der Waals surface area contributed by atoms with Gasteiger partial charge in [-0.15, -0.1) is 6.58 Å². The van der Waals surface area contributed by atoms with Gasteiger partial charge >= 0.3 is 0 Å². The zero-order chi connectivity index (χ0) is 21.7. The van der Waals surface area contributed by atoms with Gasteiger partial charge in [-0.25, -0.2) is 4.39 Å². The van der Waals surface area contributed by atoms with Crippen LogP contribution in [0.15, 0.2) is 71.9 Å². The second-order valence-corrected chi connectivity index (χ2v) is 7.77. The molecule has 0 saturated carbocycles. The van der Waals surface area contributed by atoms with Gasteiger partial charge in [0.15, 0.2) is 0 Å². The Balaban J connectivity index is 0.00000133. The first-order valence-corrected chi connectivity index (χ1v) is 11.0. The summed E-state index contributed by atoms with van der Waals surface area (Å²) in [6, 6.07) is 0. The first-order chi connectivity index (χ1) is 13.3. The van der Waals surface area contributed by atoms with Crippen LogP contribution in [0.2, 0.25) is 0 Å². The van der Waals surface area contributed by atoms with Gasteiger partial charge in [0.05, 0.1) is 0 Å². The molecule has 0 heterocycles. The third kappa shape index (κ3) is 7.08. The summed E-state index contributed by atoms with van der Waals surface area (Å²) in [5.74, 6) is 0.550. The van der Waals surface area contributed by atoms with Crippen molar-refractivity contribution in [2.45, 2.75) is 80.8 Å². The van der Waals surface area contributed by atoms with Crippen LogP contribution in [-0.4, -0.2) is 6.17 Å². The van der Waals surface area contributed by atoms with E-state index < -0.39 is 6.17 Å². The normalized spacial score (nSPS) is 25.0. The Morgan fingerprint density at radius 1 is 1.25 bits per heavy atom. The van der Waals surface area contributed by atoms with Gasteiger partial charge in [-0.2, -0.15) is 0 Å². The van der Waals surface area contributed by atoms with Gasteiger partial charge in [-0.3, -0.25) is 0 Å². The molecular weight excluding hydrogens is 343 g/mol. The molecule has 0 aromatic carbocycles. The lowest BCUT2D eigenvalue weighted by Crippen LogP contribution is -2.23. The number of allylic oxidation sites excluding steroid dienone is 11. The summed E-state index contributed by atoms with van der Waals surface area (Å²) in [5, 5.41) is 0. The largest absolute Gasteiger partial charge is 0.247 e. The Morgan fingerprint density at radius 2 is 1.86 bits per heavy atom. The zero-order valence-corrected chi connectivity index (χ0v) is 19.6. The van der Waals surface area contributed by atoms with Crippen molar-refractivity contribution in [2.75, 3.05) is 0 Å². The molecule has 0 spiro atoms. The maximum Gasteiger partial charge on any atom is 0.103 e. The zero-order valence-electron chi connectivity index (χ0n) is 19.6. The highest BCUT2D eigenvalue weighted by molar-refractivity contribution is 5.61. The lowest BCUT2D eigenvalue weighted by atomic mass is 9.75. The number of hydrogen-bond acceptors (Lipinski definition) is 0. The fraction of sp³-hybridized carbons (Fsp3) is 0.556. The van der Waals surface area contributed by atoms with Gasteiger partial charge in [0.2, 0.25) is 0 Å². The van der Waals surface area contributed by atoms with Crippen LogP contribution in [-0.2, 0) is 0 Å². The van der Waals surface area contributed by atoms with Crippen molar-refractivity contribution in [3.63, 3.8) is 0 Å². The van der Waals surface area contributed by atoms with Crippen LogP contribution >= 0.6 is 0 Å². The Bertz CT molecular complexity index is 614. The van der Waals surface area contributed by atoms with Crippen molar-refractivity contribution in [1.29, 1.82) is 0 Å². The number of rotatable bonds is 7.